The first-order valence-electron chi connectivity index (χ1n) is 9.03. The maximum atomic E-state index is 11.5. The first-order valence-corrected chi connectivity index (χ1v) is 9.03. The fraction of sp³-hybridized carbons (Fsp3) is 0.812. The zero-order chi connectivity index (χ0) is 20.5. The van der Waals surface area contributed by atoms with Crippen molar-refractivity contribution in [2.75, 3.05) is 59.4 Å². The summed E-state index contributed by atoms with van der Waals surface area (Å²) in [7, 11) is 0. The van der Waals surface area contributed by atoms with E-state index in [1.807, 2.05) is 0 Å². The molecule has 0 aliphatic carbocycles. The highest BCUT2D eigenvalue weighted by Crippen LogP contribution is 2.12. The van der Waals surface area contributed by atoms with Crippen molar-refractivity contribution in [3.63, 3.8) is 0 Å². The summed E-state index contributed by atoms with van der Waals surface area (Å²) in [5.41, 5.74) is 8.07. The number of azide groups is 1. The van der Waals surface area contributed by atoms with Gasteiger partial charge in [-0.25, -0.2) is 4.79 Å². The van der Waals surface area contributed by atoms with Crippen LogP contribution in [0.4, 0.5) is 0 Å². The molecule has 12 heteroatoms. The van der Waals surface area contributed by atoms with E-state index < -0.39 is 17.8 Å². The van der Waals surface area contributed by atoms with E-state index in [1.165, 1.54) is 0 Å². The van der Waals surface area contributed by atoms with Crippen LogP contribution in [0, 0.1) is 0 Å². The molecule has 0 unspecified atom stereocenters. The third kappa shape index (κ3) is 11.5. The molecular weight excluding hydrogens is 376 g/mol. The molecule has 0 saturated carbocycles. The van der Waals surface area contributed by atoms with Crippen LogP contribution in [0.3, 0.4) is 0 Å². The summed E-state index contributed by atoms with van der Waals surface area (Å²) < 4.78 is 21.1. The second-order valence-corrected chi connectivity index (χ2v) is 5.55. The Morgan fingerprint density at radius 1 is 0.893 bits per heavy atom. The van der Waals surface area contributed by atoms with Crippen LogP contribution in [0.15, 0.2) is 5.11 Å². The van der Waals surface area contributed by atoms with E-state index in [4.69, 9.17) is 29.3 Å². The molecule has 0 aromatic heterocycles. The lowest BCUT2D eigenvalue weighted by atomic mass is 10.3. The smallest absolute Gasteiger partial charge is 0.333 e. The van der Waals surface area contributed by atoms with Gasteiger partial charge in [-0.3, -0.25) is 9.59 Å². The average molecular weight is 402 g/mol. The van der Waals surface area contributed by atoms with Crippen LogP contribution in [0.25, 0.3) is 10.4 Å². The molecule has 28 heavy (non-hydrogen) atoms. The summed E-state index contributed by atoms with van der Waals surface area (Å²) in [6.45, 7) is 3.49. The largest absolute Gasteiger partial charge is 0.379 e. The number of hydrogen-bond acceptors (Lipinski definition) is 9. The molecule has 0 spiro atoms. The summed E-state index contributed by atoms with van der Waals surface area (Å²) in [4.78, 5) is 41.5. The van der Waals surface area contributed by atoms with E-state index in [-0.39, 0.29) is 19.3 Å². The molecule has 0 N–H and O–H groups in total. The second kappa shape index (κ2) is 15.8. The maximum absolute atomic E-state index is 11.5. The first-order chi connectivity index (χ1) is 13.6. The quantitative estimate of drug-likeness (QED) is 0.114. The molecule has 1 aliphatic heterocycles. The Labute approximate surface area is 162 Å². The Kier molecular flexibility index (Phi) is 13.4. The number of imide groups is 1. The highest BCUT2D eigenvalue weighted by molar-refractivity contribution is 6.01. The Hall–Kier alpha value is -2.24. The number of hydroxylamine groups is 2. The van der Waals surface area contributed by atoms with Crippen LogP contribution in [0.1, 0.15) is 25.7 Å². The van der Waals surface area contributed by atoms with Crippen LogP contribution in [0.2, 0.25) is 0 Å². The van der Waals surface area contributed by atoms with Gasteiger partial charge in [0.2, 0.25) is 0 Å². The predicted molar refractivity (Wildman–Crippen MR) is 93.7 cm³/mol. The van der Waals surface area contributed by atoms with Crippen LogP contribution in [-0.2, 0) is 38.2 Å². The Morgan fingerprint density at radius 2 is 1.39 bits per heavy atom. The molecule has 0 bridgehead atoms. The lowest BCUT2D eigenvalue weighted by Gasteiger charge is -2.12. The van der Waals surface area contributed by atoms with Gasteiger partial charge in [0.1, 0.15) is 0 Å². The number of carbonyl (C=O) groups is 3. The van der Waals surface area contributed by atoms with Crippen LogP contribution >= 0.6 is 0 Å². The van der Waals surface area contributed by atoms with Crippen molar-refractivity contribution in [2.45, 2.75) is 25.7 Å². The predicted octanol–water partition coefficient (Wildman–Crippen LogP) is 0.750. The molecular formula is C16H26N4O8. The van der Waals surface area contributed by atoms with E-state index in [2.05, 4.69) is 10.0 Å². The summed E-state index contributed by atoms with van der Waals surface area (Å²) in [6, 6.07) is 0. The molecule has 1 fully saturated rings. The molecule has 0 atom stereocenters. The zero-order valence-electron chi connectivity index (χ0n) is 15.7. The van der Waals surface area contributed by atoms with E-state index in [0.717, 1.165) is 0 Å². The fourth-order valence-corrected chi connectivity index (χ4v) is 2.04. The summed E-state index contributed by atoms with van der Waals surface area (Å²) in [5.74, 6) is -1.62. The van der Waals surface area contributed by atoms with Crippen molar-refractivity contribution in [3.8, 4) is 0 Å². The van der Waals surface area contributed by atoms with Gasteiger partial charge < -0.3 is 23.8 Å². The fourth-order valence-electron chi connectivity index (χ4n) is 2.04. The summed E-state index contributed by atoms with van der Waals surface area (Å²) in [5, 5.41) is 3.87. The molecule has 158 valence electrons. The molecule has 1 aliphatic rings. The third-order valence-electron chi connectivity index (χ3n) is 3.38. The van der Waals surface area contributed by atoms with Crippen molar-refractivity contribution in [2.24, 2.45) is 5.11 Å². The van der Waals surface area contributed by atoms with E-state index in [9.17, 15) is 14.4 Å². The second-order valence-electron chi connectivity index (χ2n) is 5.55. The lowest BCUT2D eigenvalue weighted by Crippen LogP contribution is -2.32. The average Bonchev–Trinajstić information content (AvgIpc) is 2.99. The Bertz CT molecular complexity index is 523. The van der Waals surface area contributed by atoms with Crippen molar-refractivity contribution in [3.05, 3.63) is 10.4 Å². The molecule has 12 nitrogen and oxygen atoms in total. The minimum atomic E-state index is -0.637. The maximum Gasteiger partial charge on any atom is 0.333 e. The molecule has 1 rings (SSSR count). The number of amides is 2. The SMILES string of the molecule is [N-]=[N+]=NCCOCCOCCOCCOCCCC(=O)ON1C(=O)CCC1=O. The normalized spacial score (nSPS) is 13.6. The van der Waals surface area contributed by atoms with Crippen LogP contribution in [-0.4, -0.2) is 82.2 Å². The molecule has 1 heterocycles. The van der Waals surface area contributed by atoms with E-state index in [0.29, 0.717) is 70.9 Å². The lowest BCUT2D eigenvalue weighted by molar-refractivity contribution is -0.197. The van der Waals surface area contributed by atoms with Gasteiger partial charge in [-0.15, -0.1) is 5.06 Å². The van der Waals surface area contributed by atoms with Crippen molar-refractivity contribution in [1.82, 2.24) is 5.06 Å². The summed E-state index contributed by atoms with van der Waals surface area (Å²) in [6.07, 6.45) is 0.619. The minimum absolute atomic E-state index is 0.0523. The van der Waals surface area contributed by atoms with Gasteiger partial charge in [0.15, 0.2) is 0 Å². The van der Waals surface area contributed by atoms with Crippen molar-refractivity contribution in [1.29, 1.82) is 0 Å². The van der Waals surface area contributed by atoms with E-state index >= 15 is 0 Å². The number of carbonyl (C=O) groups excluding carboxylic acids is 3. The first kappa shape index (κ1) is 23.8. The highest BCUT2D eigenvalue weighted by atomic mass is 16.7. The van der Waals surface area contributed by atoms with Crippen LogP contribution < -0.4 is 0 Å². The van der Waals surface area contributed by atoms with Crippen molar-refractivity contribution >= 4 is 17.8 Å². The van der Waals surface area contributed by atoms with Gasteiger partial charge in [0.25, 0.3) is 11.8 Å². The highest BCUT2D eigenvalue weighted by Gasteiger charge is 2.32. The molecule has 0 radical (unpaired) electrons. The Morgan fingerprint density at radius 3 is 1.93 bits per heavy atom. The Balaban J connectivity index is 1.80. The third-order valence-corrected chi connectivity index (χ3v) is 3.38. The summed E-state index contributed by atoms with van der Waals surface area (Å²) >= 11 is 0. The van der Waals surface area contributed by atoms with Gasteiger partial charge >= 0.3 is 5.97 Å². The zero-order valence-corrected chi connectivity index (χ0v) is 15.7. The van der Waals surface area contributed by atoms with Crippen molar-refractivity contribution < 1.29 is 38.2 Å². The van der Waals surface area contributed by atoms with Gasteiger partial charge in [-0.1, -0.05) is 5.11 Å². The standard InChI is InChI=1S/C16H26N4O8/c17-19-18-5-7-25-9-11-27-13-12-26-10-8-24-6-1-2-16(23)28-20-14(21)3-4-15(20)22/h1-13H2. The van der Waals surface area contributed by atoms with E-state index in [1.54, 1.807) is 0 Å². The molecule has 0 aromatic rings. The number of hydrogen-bond donors (Lipinski definition) is 0. The number of rotatable bonds is 17. The molecule has 2 amide bonds. The molecule has 0 aromatic carbocycles. The van der Waals surface area contributed by atoms with Gasteiger partial charge in [0.05, 0.1) is 52.7 Å². The monoisotopic (exact) mass is 402 g/mol. The topological polar surface area (TPSA) is 149 Å². The number of ether oxygens (including phenoxy) is 4. The molecule has 1 saturated heterocycles. The van der Waals surface area contributed by atoms with Gasteiger partial charge in [0, 0.05) is 30.9 Å². The minimum Gasteiger partial charge on any atom is -0.379 e. The number of nitrogens with zero attached hydrogens (tertiary/aromatic N) is 4. The van der Waals surface area contributed by atoms with Crippen LogP contribution in [0.5, 0.6) is 0 Å². The van der Waals surface area contributed by atoms with Gasteiger partial charge in [-0.2, -0.15) is 0 Å². The van der Waals surface area contributed by atoms with Gasteiger partial charge in [-0.05, 0) is 12.0 Å².